The number of hydrogen-bond acceptors (Lipinski definition) is 2. The molecule has 21 heavy (non-hydrogen) atoms. The van der Waals surface area contributed by atoms with Crippen LogP contribution >= 0.6 is 0 Å². The molecule has 3 heteroatoms. The molecular weight excluding hydrogens is 365 g/mol. The Balaban J connectivity index is -0.0000000973. The third-order valence-electron chi connectivity index (χ3n) is 1.83. The molecule has 8 radical (unpaired) electrons. The van der Waals surface area contributed by atoms with E-state index in [9.17, 15) is 0 Å². The second-order valence-corrected chi connectivity index (χ2v) is 3.85. The summed E-state index contributed by atoms with van der Waals surface area (Å²) >= 11 is 0. The topological polar surface area (TPSA) is 22.1 Å². The molecule has 0 aromatic carbocycles. The van der Waals surface area contributed by atoms with Gasteiger partial charge in [-0.05, 0) is 12.1 Å². The van der Waals surface area contributed by atoms with Gasteiger partial charge < -0.3 is 4.74 Å². The third kappa shape index (κ3) is 38.3. The molecule has 120 valence electrons. The van der Waals surface area contributed by atoms with Crippen LogP contribution in [0.15, 0.2) is 18.3 Å². The second-order valence-electron chi connectivity index (χ2n) is 3.85. The summed E-state index contributed by atoms with van der Waals surface area (Å²) < 4.78 is 4.75. The van der Waals surface area contributed by atoms with Gasteiger partial charge in [-0.25, -0.2) is 4.98 Å². The Kier molecular flexibility index (Phi) is 43.8. The van der Waals surface area contributed by atoms with Crippen molar-refractivity contribution in [3.63, 3.8) is 0 Å². The van der Waals surface area contributed by atoms with Crippen molar-refractivity contribution in [3.8, 4) is 5.88 Å². The van der Waals surface area contributed by atoms with Crippen LogP contribution in [-0.4, -0.2) is 36.0 Å². The summed E-state index contributed by atoms with van der Waals surface area (Å²) in [6.45, 7) is 17.2. The first kappa shape index (κ1) is 28.8. The largest absolute Gasteiger partial charge is 0.481 e. The van der Waals surface area contributed by atoms with E-state index in [0.29, 0.717) is 5.88 Å². The van der Waals surface area contributed by atoms with Gasteiger partial charge in [-0.1, -0.05) is 80.1 Å². The summed E-state index contributed by atoms with van der Waals surface area (Å²) in [6.07, 6.45) is 8.50. The zero-order valence-electron chi connectivity index (χ0n) is 14.5. The summed E-state index contributed by atoms with van der Waals surface area (Å²) in [7, 11) is 1.57. The smallest absolute Gasteiger partial charge is 0.221 e. The van der Waals surface area contributed by atoms with Crippen molar-refractivity contribution in [3.05, 3.63) is 45.2 Å². The van der Waals surface area contributed by atoms with E-state index >= 15 is 0 Å². The van der Waals surface area contributed by atoms with Gasteiger partial charge in [0.25, 0.3) is 0 Å². The van der Waals surface area contributed by atoms with Crippen molar-refractivity contribution in [1.82, 2.24) is 4.98 Å². The predicted octanol–water partition coefficient (Wildman–Crippen LogP) is 5.37. The standard InChI is InChI=1S/C6H6NO.3C4H9.Sn/c1-8-6-4-2-3-5-7-6;3*1-3-4-2;/h2-3,5H,1H3;3*1,3-4H2,2H3;. The summed E-state index contributed by atoms with van der Waals surface area (Å²) in [5, 5.41) is 0. The molecule has 0 fully saturated rings. The maximum absolute atomic E-state index is 4.75. The molecule has 1 aromatic rings. The Bertz CT molecular complexity index is 214. The van der Waals surface area contributed by atoms with Crippen molar-refractivity contribution >= 4 is 23.9 Å². The van der Waals surface area contributed by atoms with E-state index in [-0.39, 0.29) is 23.9 Å². The van der Waals surface area contributed by atoms with Crippen LogP contribution < -0.4 is 4.74 Å². The van der Waals surface area contributed by atoms with Crippen molar-refractivity contribution in [2.24, 2.45) is 0 Å². The van der Waals surface area contributed by atoms with E-state index in [1.165, 1.54) is 19.3 Å². The second kappa shape index (κ2) is 31.9. The zero-order chi connectivity index (χ0) is 16.1. The molecule has 1 aromatic heterocycles. The van der Waals surface area contributed by atoms with Crippen LogP contribution in [0.1, 0.15) is 59.3 Å². The molecular formula is C18H33NOSn. The Morgan fingerprint density at radius 1 is 1.00 bits per heavy atom. The first-order chi connectivity index (χ1) is 9.67. The summed E-state index contributed by atoms with van der Waals surface area (Å²) in [6, 6.07) is 6.33. The molecule has 0 aliphatic carbocycles. The summed E-state index contributed by atoms with van der Waals surface area (Å²) in [4.78, 5) is 3.82. The van der Waals surface area contributed by atoms with E-state index in [2.05, 4.69) is 52.6 Å². The number of pyridine rings is 1. The number of aromatic nitrogens is 1. The van der Waals surface area contributed by atoms with Crippen LogP contribution in [0.25, 0.3) is 0 Å². The van der Waals surface area contributed by atoms with Crippen LogP contribution in [0.4, 0.5) is 0 Å². The maximum Gasteiger partial charge on any atom is 0.221 e. The zero-order valence-corrected chi connectivity index (χ0v) is 17.3. The molecule has 0 bridgehead atoms. The van der Waals surface area contributed by atoms with Crippen LogP contribution in [0.3, 0.4) is 0 Å². The fraction of sp³-hybridized carbons (Fsp3) is 0.556. The van der Waals surface area contributed by atoms with Crippen LogP contribution in [0.2, 0.25) is 0 Å². The molecule has 0 spiro atoms. The molecule has 0 N–H and O–H groups in total. The van der Waals surface area contributed by atoms with Crippen LogP contribution in [-0.2, 0) is 0 Å². The minimum absolute atomic E-state index is 0. The number of ether oxygens (including phenoxy) is 1. The van der Waals surface area contributed by atoms with E-state index in [1.54, 1.807) is 25.4 Å². The van der Waals surface area contributed by atoms with Crippen molar-refractivity contribution in [2.45, 2.75) is 59.3 Å². The normalized spacial score (nSPS) is 7.57. The van der Waals surface area contributed by atoms with E-state index in [0.717, 1.165) is 19.3 Å². The summed E-state index contributed by atoms with van der Waals surface area (Å²) in [5.74, 6) is 0.535. The van der Waals surface area contributed by atoms with E-state index in [1.807, 2.05) is 0 Å². The molecule has 1 heterocycles. The number of nitrogens with zero attached hydrogens (tertiary/aromatic N) is 1. The summed E-state index contributed by atoms with van der Waals surface area (Å²) in [5.41, 5.74) is 0. The van der Waals surface area contributed by atoms with E-state index in [4.69, 9.17) is 4.74 Å². The SMILES string of the molecule is COc1[c]cccn1.[CH2]CCC.[CH2]CCC.[CH2]CCC.[Sn]. The Morgan fingerprint density at radius 2 is 1.38 bits per heavy atom. The third-order valence-corrected chi connectivity index (χ3v) is 1.83. The van der Waals surface area contributed by atoms with Gasteiger partial charge in [-0.2, -0.15) is 0 Å². The first-order valence-electron chi connectivity index (χ1n) is 7.42. The van der Waals surface area contributed by atoms with Gasteiger partial charge >= 0.3 is 0 Å². The average molecular weight is 398 g/mol. The van der Waals surface area contributed by atoms with Gasteiger partial charge in [0.1, 0.15) is 0 Å². The molecule has 1 rings (SSSR count). The van der Waals surface area contributed by atoms with Gasteiger partial charge in [0, 0.05) is 36.2 Å². The first-order valence-corrected chi connectivity index (χ1v) is 7.42. The molecule has 2 nitrogen and oxygen atoms in total. The molecule has 0 saturated carbocycles. The molecule has 0 saturated heterocycles. The van der Waals surface area contributed by atoms with E-state index < -0.39 is 0 Å². The van der Waals surface area contributed by atoms with Crippen molar-refractivity contribution in [2.75, 3.05) is 7.11 Å². The van der Waals surface area contributed by atoms with Gasteiger partial charge in [0.05, 0.1) is 7.11 Å². The number of methoxy groups -OCH3 is 1. The maximum atomic E-state index is 4.75. The van der Waals surface area contributed by atoms with Gasteiger partial charge in [0.2, 0.25) is 5.88 Å². The average Bonchev–Trinajstić information content (AvgIpc) is 2.56. The Hall–Kier alpha value is -0.251. The molecule has 0 aliphatic heterocycles. The van der Waals surface area contributed by atoms with Gasteiger partial charge in [0.15, 0.2) is 0 Å². The molecule has 0 aliphatic rings. The van der Waals surface area contributed by atoms with Crippen LogP contribution in [0, 0.1) is 26.8 Å². The fourth-order valence-corrected chi connectivity index (χ4v) is 0.422. The number of rotatable bonds is 4. The van der Waals surface area contributed by atoms with Crippen molar-refractivity contribution < 1.29 is 4.74 Å². The number of hydrogen-bond donors (Lipinski definition) is 0. The predicted molar refractivity (Wildman–Crippen MR) is 96.2 cm³/mol. The van der Waals surface area contributed by atoms with Crippen LogP contribution in [0.5, 0.6) is 5.88 Å². The minimum Gasteiger partial charge on any atom is -0.481 e. The molecule has 0 atom stereocenters. The van der Waals surface area contributed by atoms with Gasteiger partial charge in [-0.3, -0.25) is 0 Å². The monoisotopic (exact) mass is 399 g/mol. The van der Waals surface area contributed by atoms with Gasteiger partial charge in [-0.15, -0.1) is 0 Å². The Morgan fingerprint density at radius 3 is 1.52 bits per heavy atom. The fourth-order valence-electron chi connectivity index (χ4n) is 0.422. The quantitative estimate of drug-likeness (QED) is 0.637. The minimum atomic E-state index is 0. The molecule has 0 unspecified atom stereocenters. The Labute approximate surface area is 151 Å². The number of unbranched alkanes of at least 4 members (excludes halogenated alkanes) is 3. The molecule has 0 amide bonds. The van der Waals surface area contributed by atoms with Crippen molar-refractivity contribution in [1.29, 1.82) is 0 Å².